The molecule has 0 aliphatic heterocycles. The van der Waals surface area contributed by atoms with E-state index in [1.54, 1.807) is 18.2 Å². The van der Waals surface area contributed by atoms with Gasteiger partial charge in [-0.2, -0.15) is 5.26 Å². The highest BCUT2D eigenvalue weighted by molar-refractivity contribution is 6.14. The predicted molar refractivity (Wildman–Crippen MR) is 119 cm³/mol. The van der Waals surface area contributed by atoms with Gasteiger partial charge in [-0.15, -0.1) is 0 Å². The zero-order valence-electron chi connectivity index (χ0n) is 16.2. The molecule has 0 unspecified atom stereocenters. The van der Waals surface area contributed by atoms with Gasteiger partial charge in [0.25, 0.3) is 0 Å². The Hall–Kier alpha value is -4.56. The van der Waals surface area contributed by atoms with E-state index in [0.717, 1.165) is 27.3 Å². The molecule has 0 saturated carbocycles. The molecule has 5 nitrogen and oxygen atoms in total. The van der Waals surface area contributed by atoms with Gasteiger partial charge in [0, 0.05) is 21.5 Å². The van der Waals surface area contributed by atoms with Crippen LogP contribution in [0.25, 0.3) is 43.9 Å². The summed E-state index contributed by atoms with van der Waals surface area (Å²) in [6.45, 7) is 0. The topological polar surface area (TPSA) is 87.4 Å². The Labute approximate surface area is 176 Å². The first-order valence-electron chi connectivity index (χ1n) is 9.61. The van der Waals surface area contributed by atoms with Crippen LogP contribution in [0.15, 0.2) is 93.8 Å². The molecule has 0 radical (unpaired) electrons. The minimum atomic E-state index is -0.933. The molecule has 5 heteroatoms. The molecule has 0 bridgehead atoms. The van der Waals surface area contributed by atoms with Crippen molar-refractivity contribution in [2.45, 2.75) is 0 Å². The lowest BCUT2D eigenvalue weighted by Crippen LogP contribution is -1.95. The van der Waals surface area contributed by atoms with Crippen LogP contribution >= 0.6 is 0 Å². The standard InChI is InChI=1S/C13H7NO.C13H8O3/c14-8-9-4-3-7-12-13(9)10-5-1-2-6-11(10)15-12;14-13(15)9-5-3-7-11-12(9)8-4-1-2-6-10(8)16-11/h1-7H;1-7H,(H,14,15). The van der Waals surface area contributed by atoms with E-state index < -0.39 is 5.97 Å². The lowest BCUT2D eigenvalue weighted by molar-refractivity contribution is 0.0699. The van der Waals surface area contributed by atoms with Gasteiger partial charge in [0.15, 0.2) is 0 Å². The summed E-state index contributed by atoms with van der Waals surface area (Å²) in [6.07, 6.45) is 0. The third kappa shape index (κ3) is 3.07. The Bertz CT molecular complexity index is 1630. The van der Waals surface area contributed by atoms with Crippen molar-refractivity contribution >= 4 is 49.8 Å². The molecule has 0 atom stereocenters. The molecule has 2 aromatic heterocycles. The van der Waals surface area contributed by atoms with E-state index in [4.69, 9.17) is 19.2 Å². The first kappa shape index (κ1) is 18.5. The van der Waals surface area contributed by atoms with Gasteiger partial charge in [-0.3, -0.25) is 0 Å². The third-order valence-corrected chi connectivity index (χ3v) is 5.16. The van der Waals surface area contributed by atoms with E-state index in [1.807, 2.05) is 66.7 Å². The summed E-state index contributed by atoms with van der Waals surface area (Å²) in [6, 6.07) is 28.0. The van der Waals surface area contributed by atoms with E-state index in [9.17, 15) is 4.79 Å². The molecule has 0 aliphatic rings. The highest BCUT2D eigenvalue weighted by Crippen LogP contribution is 2.31. The van der Waals surface area contributed by atoms with Gasteiger partial charge in [-0.25, -0.2) is 4.79 Å². The maximum atomic E-state index is 11.1. The SMILES string of the molecule is N#Cc1cccc2oc3ccccc3c12.O=C(O)c1cccc2oc3ccccc3c12. The number of carboxylic acids is 1. The number of furan rings is 2. The van der Waals surface area contributed by atoms with Crippen LogP contribution in [0.2, 0.25) is 0 Å². The summed E-state index contributed by atoms with van der Waals surface area (Å²) >= 11 is 0. The van der Waals surface area contributed by atoms with E-state index in [0.29, 0.717) is 22.1 Å². The van der Waals surface area contributed by atoms with Gasteiger partial charge in [0.05, 0.1) is 17.2 Å². The highest BCUT2D eigenvalue weighted by atomic mass is 16.4. The Morgan fingerprint density at radius 3 is 1.81 bits per heavy atom. The molecule has 0 amide bonds. The Balaban J connectivity index is 0.000000132. The Morgan fingerprint density at radius 2 is 1.19 bits per heavy atom. The minimum Gasteiger partial charge on any atom is -0.478 e. The monoisotopic (exact) mass is 405 g/mol. The zero-order chi connectivity index (χ0) is 21.4. The fourth-order valence-corrected chi connectivity index (χ4v) is 3.82. The van der Waals surface area contributed by atoms with E-state index >= 15 is 0 Å². The second-order valence-corrected chi connectivity index (χ2v) is 6.97. The van der Waals surface area contributed by atoms with Crippen LogP contribution in [-0.4, -0.2) is 11.1 Å². The van der Waals surface area contributed by atoms with Gasteiger partial charge < -0.3 is 13.9 Å². The third-order valence-electron chi connectivity index (χ3n) is 5.16. The first-order chi connectivity index (χ1) is 15.2. The molecule has 6 rings (SSSR count). The van der Waals surface area contributed by atoms with E-state index in [2.05, 4.69) is 6.07 Å². The number of benzene rings is 4. The van der Waals surface area contributed by atoms with Crippen LogP contribution in [-0.2, 0) is 0 Å². The number of fused-ring (bicyclic) bond motifs is 6. The van der Waals surface area contributed by atoms with Gasteiger partial charge in [0.1, 0.15) is 22.3 Å². The Morgan fingerprint density at radius 1 is 0.677 bits per heavy atom. The molecule has 0 fully saturated rings. The average molecular weight is 405 g/mol. The molecule has 6 aromatic rings. The molecule has 31 heavy (non-hydrogen) atoms. The Kier molecular flexibility index (Phi) is 4.38. The van der Waals surface area contributed by atoms with Crippen molar-refractivity contribution < 1.29 is 18.7 Å². The zero-order valence-corrected chi connectivity index (χ0v) is 16.2. The van der Waals surface area contributed by atoms with Crippen LogP contribution in [0.1, 0.15) is 15.9 Å². The summed E-state index contributed by atoms with van der Waals surface area (Å²) in [7, 11) is 0. The number of carboxylic acid groups (broad SMARTS) is 1. The van der Waals surface area contributed by atoms with E-state index in [1.165, 1.54) is 0 Å². The van der Waals surface area contributed by atoms with Crippen molar-refractivity contribution in [3.63, 3.8) is 0 Å². The van der Waals surface area contributed by atoms with Gasteiger partial charge in [-0.1, -0.05) is 48.5 Å². The quantitative estimate of drug-likeness (QED) is 0.327. The number of hydrogen-bond acceptors (Lipinski definition) is 4. The van der Waals surface area contributed by atoms with E-state index in [-0.39, 0.29) is 5.56 Å². The fraction of sp³-hybridized carbons (Fsp3) is 0. The molecule has 4 aromatic carbocycles. The van der Waals surface area contributed by atoms with Crippen LogP contribution in [0.3, 0.4) is 0 Å². The van der Waals surface area contributed by atoms with Crippen LogP contribution in [0.5, 0.6) is 0 Å². The number of rotatable bonds is 1. The van der Waals surface area contributed by atoms with Crippen molar-refractivity contribution in [2.24, 2.45) is 0 Å². The molecule has 2 heterocycles. The van der Waals surface area contributed by atoms with Crippen molar-refractivity contribution in [1.29, 1.82) is 5.26 Å². The van der Waals surface area contributed by atoms with Gasteiger partial charge in [-0.05, 0) is 36.4 Å². The predicted octanol–water partition coefficient (Wildman–Crippen LogP) is 6.74. The smallest absolute Gasteiger partial charge is 0.336 e. The molecule has 0 spiro atoms. The molecular weight excluding hydrogens is 390 g/mol. The summed E-state index contributed by atoms with van der Waals surface area (Å²) in [5.74, 6) is -0.933. The molecule has 0 saturated heterocycles. The second kappa shape index (κ2) is 7.36. The van der Waals surface area contributed by atoms with Crippen molar-refractivity contribution in [3.8, 4) is 6.07 Å². The maximum Gasteiger partial charge on any atom is 0.336 e. The molecule has 1 N–H and O–H groups in total. The molecular formula is C26H15NO4. The van der Waals surface area contributed by atoms with Crippen molar-refractivity contribution in [1.82, 2.24) is 0 Å². The van der Waals surface area contributed by atoms with Crippen LogP contribution in [0.4, 0.5) is 0 Å². The summed E-state index contributed by atoms with van der Waals surface area (Å²) in [5.41, 5.74) is 3.87. The minimum absolute atomic E-state index is 0.280. The molecule has 0 aliphatic carbocycles. The normalized spacial score (nSPS) is 10.8. The van der Waals surface area contributed by atoms with Gasteiger partial charge in [0.2, 0.25) is 0 Å². The van der Waals surface area contributed by atoms with Crippen LogP contribution in [0, 0.1) is 11.3 Å². The van der Waals surface area contributed by atoms with Crippen molar-refractivity contribution in [2.75, 3.05) is 0 Å². The second-order valence-electron chi connectivity index (χ2n) is 6.97. The maximum absolute atomic E-state index is 11.1. The lowest BCUT2D eigenvalue weighted by Gasteiger charge is -1.95. The van der Waals surface area contributed by atoms with Crippen molar-refractivity contribution in [3.05, 3.63) is 96.1 Å². The summed E-state index contributed by atoms with van der Waals surface area (Å²) in [4.78, 5) is 11.1. The number of hydrogen-bond donors (Lipinski definition) is 1. The number of carbonyl (C=O) groups is 1. The van der Waals surface area contributed by atoms with Gasteiger partial charge >= 0.3 is 5.97 Å². The number of nitriles is 1. The number of nitrogens with zero attached hydrogens (tertiary/aromatic N) is 1. The highest BCUT2D eigenvalue weighted by Gasteiger charge is 2.14. The molecule has 148 valence electrons. The first-order valence-corrected chi connectivity index (χ1v) is 9.61. The average Bonchev–Trinajstić information content (AvgIpc) is 3.37. The summed E-state index contributed by atoms with van der Waals surface area (Å²) < 4.78 is 11.2. The largest absolute Gasteiger partial charge is 0.478 e. The fourth-order valence-electron chi connectivity index (χ4n) is 3.82. The lowest BCUT2D eigenvalue weighted by atomic mass is 10.1. The number of aromatic carboxylic acids is 1. The van der Waals surface area contributed by atoms with Crippen LogP contribution < -0.4 is 0 Å². The summed E-state index contributed by atoms with van der Waals surface area (Å²) in [5, 5.41) is 21.6. The number of para-hydroxylation sites is 2.